The van der Waals surface area contributed by atoms with E-state index in [0.717, 1.165) is 5.56 Å². The minimum absolute atomic E-state index is 0.533. The van der Waals surface area contributed by atoms with Gasteiger partial charge in [-0.3, -0.25) is 4.68 Å². The Morgan fingerprint density at radius 3 is 2.78 bits per heavy atom. The average Bonchev–Trinajstić information content (AvgIpc) is 2.69. The van der Waals surface area contributed by atoms with Crippen LogP contribution in [0, 0.1) is 6.92 Å². The molecule has 0 fully saturated rings. The zero-order chi connectivity index (χ0) is 13.3. The molecule has 5 heteroatoms. The second-order valence-corrected chi connectivity index (χ2v) is 4.56. The number of aliphatic hydroxyl groups excluding tert-OH is 1. The number of hydrogen-bond donors (Lipinski definition) is 1. The van der Waals surface area contributed by atoms with Gasteiger partial charge in [0.2, 0.25) is 0 Å². The zero-order valence-electron chi connectivity index (χ0n) is 10.5. The Morgan fingerprint density at radius 1 is 1.44 bits per heavy atom. The molecule has 1 atom stereocenters. The third-order valence-corrected chi connectivity index (χ3v) is 3.21. The van der Waals surface area contributed by atoms with Crippen LogP contribution in [0.3, 0.4) is 0 Å². The normalized spacial score (nSPS) is 12.5. The van der Waals surface area contributed by atoms with Crippen LogP contribution in [-0.4, -0.2) is 22.0 Å². The minimum Gasteiger partial charge on any atom is -0.493 e. The van der Waals surface area contributed by atoms with Crippen LogP contribution in [0.15, 0.2) is 24.4 Å². The van der Waals surface area contributed by atoms with E-state index in [-0.39, 0.29) is 0 Å². The summed E-state index contributed by atoms with van der Waals surface area (Å²) in [6, 6.07) is 5.55. The smallest absolute Gasteiger partial charge is 0.162 e. The lowest BCUT2D eigenvalue weighted by molar-refractivity contribution is 0.204. The summed E-state index contributed by atoms with van der Waals surface area (Å²) in [7, 11) is 3.30. The number of halogens is 1. The van der Waals surface area contributed by atoms with Crippen molar-refractivity contribution in [1.82, 2.24) is 9.78 Å². The monoisotopic (exact) mass is 266 g/mol. The molecule has 1 unspecified atom stereocenters. The van der Waals surface area contributed by atoms with E-state index < -0.39 is 6.10 Å². The van der Waals surface area contributed by atoms with Gasteiger partial charge >= 0.3 is 0 Å². The van der Waals surface area contributed by atoms with E-state index in [0.29, 0.717) is 22.0 Å². The summed E-state index contributed by atoms with van der Waals surface area (Å²) in [5.41, 5.74) is 2.28. The summed E-state index contributed by atoms with van der Waals surface area (Å²) in [6.45, 7) is 1.95. The molecule has 0 saturated heterocycles. The summed E-state index contributed by atoms with van der Waals surface area (Å²) < 4.78 is 6.77. The molecule has 4 nitrogen and oxygen atoms in total. The first kappa shape index (κ1) is 12.9. The van der Waals surface area contributed by atoms with E-state index >= 15 is 0 Å². The van der Waals surface area contributed by atoms with E-state index in [9.17, 15) is 5.11 Å². The van der Waals surface area contributed by atoms with Crippen LogP contribution < -0.4 is 4.74 Å². The lowest BCUT2D eigenvalue weighted by atomic mass is 10.0. The van der Waals surface area contributed by atoms with Crippen LogP contribution in [-0.2, 0) is 7.05 Å². The van der Waals surface area contributed by atoms with E-state index in [1.807, 2.05) is 25.1 Å². The predicted molar refractivity (Wildman–Crippen MR) is 70.0 cm³/mol. The highest BCUT2D eigenvalue weighted by Gasteiger charge is 2.22. The van der Waals surface area contributed by atoms with E-state index in [2.05, 4.69) is 5.10 Å². The number of aliphatic hydroxyl groups is 1. The van der Waals surface area contributed by atoms with Crippen LogP contribution in [0.1, 0.15) is 22.9 Å². The van der Waals surface area contributed by atoms with E-state index in [1.165, 1.54) is 0 Å². The SMILES string of the molecule is COc1cnn(C)c1C(O)c1ccc(C)cc1Cl. The molecule has 96 valence electrons. The van der Waals surface area contributed by atoms with E-state index in [1.54, 1.807) is 25.0 Å². The molecule has 0 bridgehead atoms. The lowest BCUT2D eigenvalue weighted by Crippen LogP contribution is -2.08. The van der Waals surface area contributed by atoms with Crippen molar-refractivity contribution in [2.45, 2.75) is 13.0 Å². The molecular formula is C13H15ClN2O2. The third kappa shape index (κ3) is 2.21. The maximum Gasteiger partial charge on any atom is 0.162 e. The van der Waals surface area contributed by atoms with Gasteiger partial charge in [0.05, 0.1) is 13.3 Å². The van der Waals surface area contributed by atoms with Gasteiger partial charge in [-0.2, -0.15) is 5.10 Å². The second kappa shape index (κ2) is 5.00. The Labute approximate surface area is 111 Å². The molecule has 0 saturated carbocycles. The van der Waals surface area contributed by atoms with Gasteiger partial charge in [-0.25, -0.2) is 0 Å². The van der Waals surface area contributed by atoms with Gasteiger partial charge in [0, 0.05) is 17.6 Å². The number of rotatable bonds is 3. The fourth-order valence-electron chi connectivity index (χ4n) is 1.90. The molecule has 1 aromatic carbocycles. The second-order valence-electron chi connectivity index (χ2n) is 4.15. The van der Waals surface area contributed by atoms with Gasteiger partial charge in [0.25, 0.3) is 0 Å². The third-order valence-electron chi connectivity index (χ3n) is 2.88. The molecule has 0 radical (unpaired) electrons. The van der Waals surface area contributed by atoms with Crippen molar-refractivity contribution in [2.75, 3.05) is 7.11 Å². The van der Waals surface area contributed by atoms with Gasteiger partial charge in [-0.15, -0.1) is 0 Å². The molecule has 18 heavy (non-hydrogen) atoms. The molecule has 1 heterocycles. The summed E-state index contributed by atoms with van der Waals surface area (Å²) in [4.78, 5) is 0. The quantitative estimate of drug-likeness (QED) is 0.928. The highest BCUT2D eigenvalue weighted by atomic mass is 35.5. The van der Waals surface area contributed by atoms with Crippen LogP contribution in [0.25, 0.3) is 0 Å². The Balaban J connectivity index is 2.47. The molecule has 2 rings (SSSR count). The first-order chi connectivity index (χ1) is 8.54. The Bertz CT molecular complexity index is 566. The van der Waals surface area contributed by atoms with Crippen LogP contribution in [0.5, 0.6) is 5.75 Å². The number of hydrogen-bond acceptors (Lipinski definition) is 3. The molecule has 1 N–H and O–H groups in total. The summed E-state index contributed by atoms with van der Waals surface area (Å²) in [5, 5.41) is 15.0. The van der Waals surface area contributed by atoms with Gasteiger partial charge in [0.15, 0.2) is 5.75 Å². The maximum atomic E-state index is 10.4. The number of methoxy groups -OCH3 is 1. The van der Waals surface area contributed by atoms with Crippen molar-refractivity contribution in [3.8, 4) is 5.75 Å². The number of nitrogens with zero attached hydrogens (tertiary/aromatic N) is 2. The minimum atomic E-state index is -0.861. The molecule has 0 spiro atoms. The number of benzene rings is 1. The highest BCUT2D eigenvalue weighted by molar-refractivity contribution is 6.31. The fraction of sp³-hybridized carbons (Fsp3) is 0.308. The van der Waals surface area contributed by atoms with Crippen molar-refractivity contribution >= 4 is 11.6 Å². The molecule has 0 aliphatic carbocycles. The molecule has 0 amide bonds. The Morgan fingerprint density at radius 2 is 2.17 bits per heavy atom. The van der Waals surface area contributed by atoms with Gasteiger partial charge < -0.3 is 9.84 Å². The van der Waals surface area contributed by atoms with E-state index in [4.69, 9.17) is 16.3 Å². The summed E-state index contributed by atoms with van der Waals surface area (Å²) >= 11 is 6.16. The van der Waals surface area contributed by atoms with Gasteiger partial charge in [-0.05, 0) is 18.6 Å². The van der Waals surface area contributed by atoms with Crippen LogP contribution in [0.2, 0.25) is 5.02 Å². The molecular weight excluding hydrogens is 252 g/mol. The van der Waals surface area contributed by atoms with Crippen molar-refractivity contribution in [3.05, 3.63) is 46.2 Å². The van der Waals surface area contributed by atoms with Crippen molar-refractivity contribution in [2.24, 2.45) is 7.05 Å². The van der Waals surface area contributed by atoms with Gasteiger partial charge in [-0.1, -0.05) is 23.7 Å². The molecule has 2 aromatic rings. The molecule has 0 aliphatic rings. The van der Waals surface area contributed by atoms with Crippen molar-refractivity contribution < 1.29 is 9.84 Å². The Kier molecular flexibility index (Phi) is 3.59. The highest BCUT2D eigenvalue weighted by Crippen LogP contribution is 2.33. The zero-order valence-corrected chi connectivity index (χ0v) is 11.3. The summed E-state index contributed by atoms with van der Waals surface area (Å²) in [6.07, 6.45) is 0.709. The molecule has 1 aromatic heterocycles. The topological polar surface area (TPSA) is 47.3 Å². The standard InChI is InChI=1S/C13H15ClN2O2/c1-8-4-5-9(10(14)6-8)13(17)12-11(18-3)7-15-16(12)2/h4-7,13,17H,1-3H3. The van der Waals surface area contributed by atoms with Gasteiger partial charge in [0.1, 0.15) is 11.8 Å². The Hall–Kier alpha value is -1.52. The van der Waals surface area contributed by atoms with Crippen molar-refractivity contribution in [3.63, 3.8) is 0 Å². The number of ether oxygens (including phenoxy) is 1. The lowest BCUT2D eigenvalue weighted by Gasteiger charge is -2.15. The maximum absolute atomic E-state index is 10.4. The van der Waals surface area contributed by atoms with Crippen LogP contribution in [0.4, 0.5) is 0 Å². The largest absolute Gasteiger partial charge is 0.493 e. The number of aryl methyl sites for hydroxylation is 2. The first-order valence-electron chi connectivity index (χ1n) is 5.54. The van der Waals surface area contributed by atoms with Crippen LogP contribution >= 0.6 is 11.6 Å². The average molecular weight is 267 g/mol. The fourth-order valence-corrected chi connectivity index (χ4v) is 2.24. The molecule has 0 aliphatic heterocycles. The number of aromatic nitrogens is 2. The van der Waals surface area contributed by atoms with Crippen molar-refractivity contribution in [1.29, 1.82) is 0 Å². The summed E-state index contributed by atoms with van der Waals surface area (Å²) in [5.74, 6) is 0.543. The predicted octanol–water partition coefficient (Wildman–Crippen LogP) is 2.47. The first-order valence-corrected chi connectivity index (χ1v) is 5.92.